The van der Waals surface area contributed by atoms with Crippen LogP contribution in [0.3, 0.4) is 0 Å². The Morgan fingerprint density at radius 3 is 2.77 bits per heavy atom. The predicted octanol–water partition coefficient (Wildman–Crippen LogP) is 3.46. The van der Waals surface area contributed by atoms with Gasteiger partial charge in [-0.15, -0.1) is 0 Å². The fourth-order valence-electron chi connectivity index (χ4n) is 2.30. The zero-order chi connectivity index (χ0) is 18.4. The molecule has 2 heterocycles. The number of methoxy groups -OCH3 is 1. The zero-order valence-corrected chi connectivity index (χ0v) is 14.4. The maximum Gasteiger partial charge on any atom is 0.316 e. The van der Waals surface area contributed by atoms with Crippen LogP contribution in [0.25, 0.3) is 0 Å². The fourth-order valence-corrected chi connectivity index (χ4v) is 2.30. The van der Waals surface area contributed by atoms with Gasteiger partial charge >= 0.3 is 6.01 Å². The Hall–Kier alpha value is -3.66. The molecule has 0 unspecified atom stereocenters. The van der Waals surface area contributed by atoms with Gasteiger partial charge < -0.3 is 14.8 Å². The molecule has 26 heavy (non-hydrogen) atoms. The second kappa shape index (κ2) is 7.94. The van der Waals surface area contributed by atoms with Crippen molar-refractivity contribution in [1.82, 2.24) is 15.0 Å². The van der Waals surface area contributed by atoms with Gasteiger partial charge in [-0.05, 0) is 31.2 Å². The van der Waals surface area contributed by atoms with Crippen LogP contribution in [0.4, 0.5) is 5.69 Å². The van der Waals surface area contributed by atoms with Crippen LogP contribution in [0.15, 0.2) is 48.8 Å². The molecule has 2 aromatic heterocycles. The van der Waals surface area contributed by atoms with Crippen molar-refractivity contribution >= 4 is 5.69 Å². The van der Waals surface area contributed by atoms with E-state index in [0.717, 1.165) is 16.9 Å². The van der Waals surface area contributed by atoms with Crippen LogP contribution in [0.5, 0.6) is 17.6 Å². The van der Waals surface area contributed by atoms with Crippen molar-refractivity contribution in [2.24, 2.45) is 0 Å². The first kappa shape index (κ1) is 17.2. The lowest BCUT2D eigenvalue weighted by Crippen LogP contribution is -2.06. The summed E-state index contributed by atoms with van der Waals surface area (Å²) in [5.74, 6) is 0.850. The van der Waals surface area contributed by atoms with Crippen molar-refractivity contribution in [1.29, 1.82) is 5.26 Å². The molecule has 0 saturated heterocycles. The number of aryl methyl sites for hydroxylation is 1. The quantitative estimate of drug-likeness (QED) is 0.730. The minimum absolute atomic E-state index is 0.271. The summed E-state index contributed by atoms with van der Waals surface area (Å²) < 4.78 is 10.9. The van der Waals surface area contributed by atoms with E-state index in [1.165, 1.54) is 7.11 Å². The summed E-state index contributed by atoms with van der Waals surface area (Å²) >= 11 is 0. The number of nitrogens with one attached hydrogen (secondary N) is 1. The third-order valence-corrected chi connectivity index (χ3v) is 3.70. The Kier molecular flexibility index (Phi) is 5.25. The topological polar surface area (TPSA) is 93.0 Å². The fraction of sp³-hybridized carbons (Fsp3) is 0.158. The van der Waals surface area contributed by atoms with E-state index in [9.17, 15) is 5.26 Å². The highest BCUT2D eigenvalue weighted by Crippen LogP contribution is 2.30. The molecule has 0 bridgehead atoms. The minimum Gasteiger partial charge on any atom is -0.467 e. The highest BCUT2D eigenvalue weighted by molar-refractivity contribution is 5.58. The number of nitriles is 1. The van der Waals surface area contributed by atoms with Crippen molar-refractivity contribution in [2.75, 3.05) is 12.4 Å². The van der Waals surface area contributed by atoms with E-state index in [4.69, 9.17) is 9.47 Å². The van der Waals surface area contributed by atoms with E-state index in [2.05, 4.69) is 26.3 Å². The van der Waals surface area contributed by atoms with Gasteiger partial charge in [0.1, 0.15) is 11.6 Å². The van der Waals surface area contributed by atoms with Gasteiger partial charge in [-0.2, -0.15) is 5.26 Å². The number of para-hydroxylation sites is 2. The molecule has 7 heteroatoms. The summed E-state index contributed by atoms with van der Waals surface area (Å²) in [4.78, 5) is 12.5. The van der Waals surface area contributed by atoms with Crippen LogP contribution in [-0.2, 0) is 6.54 Å². The van der Waals surface area contributed by atoms with Gasteiger partial charge in [0.2, 0.25) is 5.88 Å². The van der Waals surface area contributed by atoms with Crippen molar-refractivity contribution < 1.29 is 9.47 Å². The summed E-state index contributed by atoms with van der Waals surface area (Å²) in [6.07, 6.45) is 3.31. The Labute approximate surface area is 151 Å². The van der Waals surface area contributed by atoms with Crippen molar-refractivity contribution in [3.05, 3.63) is 65.6 Å². The second-order valence-electron chi connectivity index (χ2n) is 5.39. The molecule has 3 aromatic rings. The molecule has 7 nitrogen and oxygen atoms in total. The average molecular weight is 347 g/mol. The standard InChI is InChI=1S/C19H17N5O2/c1-13-15(12-23-19(24-13)25-2)11-22-16-7-3-4-8-17(16)26-18-14(10-20)6-5-9-21-18/h3-9,12,22H,11H2,1-2H3. The normalized spacial score (nSPS) is 10.0. The second-order valence-corrected chi connectivity index (χ2v) is 5.39. The maximum absolute atomic E-state index is 9.18. The highest BCUT2D eigenvalue weighted by Gasteiger charge is 2.10. The first-order chi connectivity index (χ1) is 12.7. The number of nitrogens with zero attached hydrogens (tertiary/aromatic N) is 4. The van der Waals surface area contributed by atoms with Crippen LogP contribution in [0.1, 0.15) is 16.8 Å². The van der Waals surface area contributed by atoms with E-state index in [-0.39, 0.29) is 5.88 Å². The monoisotopic (exact) mass is 347 g/mol. The van der Waals surface area contributed by atoms with E-state index in [1.807, 2.05) is 31.2 Å². The number of aromatic nitrogens is 3. The van der Waals surface area contributed by atoms with E-state index in [0.29, 0.717) is 23.9 Å². The molecule has 0 aliphatic carbocycles. The number of rotatable bonds is 6. The van der Waals surface area contributed by atoms with Gasteiger partial charge in [-0.1, -0.05) is 12.1 Å². The Morgan fingerprint density at radius 2 is 2.00 bits per heavy atom. The summed E-state index contributed by atoms with van der Waals surface area (Å²) in [7, 11) is 1.54. The number of ether oxygens (including phenoxy) is 2. The Bertz CT molecular complexity index is 953. The predicted molar refractivity (Wildman–Crippen MR) is 96.1 cm³/mol. The summed E-state index contributed by atoms with van der Waals surface area (Å²) in [6, 6.07) is 13.2. The smallest absolute Gasteiger partial charge is 0.316 e. The van der Waals surface area contributed by atoms with Gasteiger partial charge in [-0.3, -0.25) is 0 Å². The van der Waals surface area contributed by atoms with E-state index < -0.39 is 0 Å². The molecule has 1 aromatic carbocycles. The molecular weight excluding hydrogens is 330 g/mol. The number of hydrogen-bond acceptors (Lipinski definition) is 7. The molecule has 0 atom stereocenters. The van der Waals surface area contributed by atoms with Crippen LogP contribution < -0.4 is 14.8 Å². The average Bonchev–Trinajstić information content (AvgIpc) is 2.68. The Balaban J connectivity index is 1.79. The van der Waals surface area contributed by atoms with Crippen LogP contribution in [-0.4, -0.2) is 22.1 Å². The number of pyridine rings is 1. The maximum atomic E-state index is 9.18. The molecule has 0 aliphatic heterocycles. The summed E-state index contributed by atoms with van der Waals surface area (Å²) in [6.45, 7) is 2.42. The first-order valence-electron chi connectivity index (χ1n) is 7.93. The van der Waals surface area contributed by atoms with Crippen molar-refractivity contribution in [3.8, 4) is 23.7 Å². The molecular formula is C19H17N5O2. The minimum atomic E-state index is 0.271. The molecule has 0 aliphatic rings. The van der Waals surface area contributed by atoms with Crippen LogP contribution in [0, 0.1) is 18.3 Å². The lowest BCUT2D eigenvalue weighted by Gasteiger charge is -2.13. The number of anilines is 1. The number of hydrogen-bond donors (Lipinski definition) is 1. The van der Waals surface area contributed by atoms with Gasteiger partial charge in [-0.25, -0.2) is 15.0 Å². The van der Waals surface area contributed by atoms with Crippen molar-refractivity contribution in [2.45, 2.75) is 13.5 Å². The molecule has 0 fully saturated rings. The van der Waals surface area contributed by atoms with E-state index in [1.54, 1.807) is 24.5 Å². The van der Waals surface area contributed by atoms with Crippen molar-refractivity contribution in [3.63, 3.8) is 0 Å². The van der Waals surface area contributed by atoms with Gasteiger partial charge in [0.25, 0.3) is 0 Å². The zero-order valence-electron chi connectivity index (χ0n) is 14.4. The molecule has 130 valence electrons. The van der Waals surface area contributed by atoms with Crippen LogP contribution >= 0.6 is 0 Å². The van der Waals surface area contributed by atoms with Crippen LogP contribution in [0.2, 0.25) is 0 Å². The molecule has 3 rings (SSSR count). The lowest BCUT2D eigenvalue weighted by atomic mass is 10.2. The van der Waals surface area contributed by atoms with E-state index >= 15 is 0 Å². The largest absolute Gasteiger partial charge is 0.467 e. The molecule has 1 N–H and O–H groups in total. The third-order valence-electron chi connectivity index (χ3n) is 3.70. The molecule has 0 amide bonds. The number of benzene rings is 1. The summed E-state index contributed by atoms with van der Waals surface area (Å²) in [5, 5.41) is 12.5. The SMILES string of the molecule is COc1ncc(CNc2ccccc2Oc2ncccc2C#N)c(C)n1. The molecule has 0 radical (unpaired) electrons. The third kappa shape index (κ3) is 3.87. The molecule has 0 spiro atoms. The van der Waals surface area contributed by atoms with Gasteiger partial charge in [0.15, 0.2) is 5.75 Å². The lowest BCUT2D eigenvalue weighted by molar-refractivity contribution is 0.378. The van der Waals surface area contributed by atoms with Gasteiger partial charge in [0.05, 0.1) is 12.8 Å². The Morgan fingerprint density at radius 1 is 1.15 bits per heavy atom. The summed E-state index contributed by atoms with van der Waals surface area (Å²) in [5.41, 5.74) is 2.93. The highest BCUT2D eigenvalue weighted by atomic mass is 16.5. The molecule has 0 saturated carbocycles. The first-order valence-corrected chi connectivity index (χ1v) is 7.93. The van der Waals surface area contributed by atoms with Gasteiger partial charge in [0, 0.05) is 30.2 Å².